The molecule has 0 bridgehead atoms. The van der Waals surface area contributed by atoms with E-state index in [0.717, 1.165) is 49.0 Å². The fraction of sp³-hybridized carbons (Fsp3) is 0.421. The molecule has 3 heterocycles. The van der Waals surface area contributed by atoms with Gasteiger partial charge in [0.05, 0.1) is 6.04 Å². The largest absolute Gasteiger partial charge is 0.340 e. The molecule has 1 unspecified atom stereocenters. The van der Waals surface area contributed by atoms with Gasteiger partial charge in [-0.05, 0) is 37.8 Å². The minimum absolute atomic E-state index is 0.0407. The molecule has 1 atom stereocenters. The number of hydrogen-bond donors (Lipinski definition) is 0. The third-order valence-corrected chi connectivity index (χ3v) is 5.37. The van der Waals surface area contributed by atoms with Gasteiger partial charge in [-0.3, -0.25) is 4.79 Å². The Balaban J connectivity index is 1.47. The normalized spacial score (nSPS) is 20.5. The van der Waals surface area contributed by atoms with Crippen LogP contribution in [-0.4, -0.2) is 32.1 Å². The second-order valence-electron chi connectivity index (χ2n) is 7.07. The van der Waals surface area contributed by atoms with Crippen LogP contribution in [0, 0.1) is 0 Å². The number of para-hydroxylation sites is 1. The monoisotopic (exact) mass is 336 g/mol. The molecule has 25 heavy (non-hydrogen) atoms. The number of carbonyl (C=O) groups excluding carboxylic acids is 1. The topological polar surface area (TPSA) is 64.2 Å². The van der Waals surface area contributed by atoms with Crippen LogP contribution in [0.25, 0.3) is 10.9 Å². The summed E-state index contributed by atoms with van der Waals surface area (Å²) in [5.41, 5.74) is 1.77. The number of nitrogens with zero attached hydrogens (tertiary/aromatic N) is 4. The molecule has 0 spiro atoms. The second-order valence-corrected chi connectivity index (χ2v) is 7.07. The Morgan fingerprint density at radius 2 is 2.08 bits per heavy atom. The van der Waals surface area contributed by atoms with E-state index in [1.165, 1.54) is 0 Å². The van der Waals surface area contributed by atoms with E-state index in [1.54, 1.807) is 0 Å². The van der Waals surface area contributed by atoms with E-state index in [4.69, 9.17) is 4.52 Å². The Labute approximate surface area is 145 Å². The lowest BCUT2D eigenvalue weighted by molar-refractivity contribution is 0.0719. The van der Waals surface area contributed by atoms with Crippen molar-refractivity contribution in [1.82, 2.24) is 19.6 Å². The van der Waals surface area contributed by atoms with E-state index in [1.807, 2.05) is 46.8 Å². The zero-order chi connectivity index (χ0) is 17.0. The lowest BCUT2D eigenvalue weighted by atomic mass is 10.2. The van der Waals surface area contributed by atoms with Gasteiger partial charge in [0.25, 0.3) is 5.91 Å². The molecule has 1 aliphatic carbocycles. The average Bonchev–Trinajstić information content (AvgIpc) is 3.07. The van der Waals surface area contributed by atoms with Crippen LogP contribution < -0.4 is 0 Å². The van der Waals surface area contributed by atoms with Gasteiger partial charge in [-0.1, -0.05) is 23.4 Å². The number of benzene rings is 1. The van der Waals surface area contributed by atoms with Crippen LogP contribution in [0.3, 0.4) is 0 Å². The maximum Gasteiger partial charge on any atom is 0.271 e. The lowest BCUT2D eigenvalue weighted by Gasteiger charge is -2.22. The highest BCUT2D eigenvalue weighted by Gasteiger charge is 2.37. The highest BCUT2D eigenvalue weighted by Crippen LogP contribution is 2.40. The predicted molar refractivity (Wildman–Crippen MR) is 92.2 cm³/mol. The second kappa shape index (κ2) is 5.44. The van der Waals surface area contributed by atoms with Gasteiger partial charge < -0.3 is 14.0 Å². The molecule has 6 nitrogen and oxygen atoms in total. The van der Waals surface area contributed by atoms with E-state index < -0.39 is 0 Å². The van der Waals surface area contributed by atoms with Crippen LogP contribution in [-0.2, 0) is 7.05 Å². The van der Waals surface area contributed by atoms with Crippen LogP contribution in [0.1, 0.15) is 59.8 Å². The fourth-order valence-electron chi connectivity index (χ4n) is 3.80. The van der Waals surface area contributed by atoms with Gasteiger partial charge in [0.15, 0.2) is 5.82 Å². The van der Waals surface area contributed by atoms with Crippen LogP contribution >= 0.6 is 0 Å². The van der Waals surface area contributed by atoms with Crippen LogP contribution in [0.5, 0.6) is 0 Å². The molecular formula is C19H20N4O2. The van der Waals surface area contributed by atoms with Crippen molar-refractivity contribution in [2.45, 2.75) is 37.6 Å². The predicted octanol–water partition coefficient (Wildman–Crippen LogP) is 3.42. The number of amides is 1. The molecule has 3 aromatic rings. The first-order chi connectivity index (χ1) is 12.2. The number of aryl methyl sites for hydroxylation is 1. The first-order valence-corrected chi connectivity index (χ1v) is 8.91. The highest BCUT2D eigenvalue weighted by atomic mass is 16.5. The van der Waals surface area contributed by atoms with Crippen molar-refractivity contribution in [3.8, 4) is 0 Å². The molecule has 1 saturated carbocycles. The third kappa shape index (κ3) is 2.35. The molecule has 2 aliphatic rings. The molecule has 1 amide bonds. The SMILES string of the molecule is Cn1c(C(=O)N2CCCC2c2noc(C3CC3)n2)cc2ccccc21. The Hall–Kier alpha value is -2.63. The van der Waals surface area contributed by atoms with E-state index in [0.29, 0.717) is 17.4 Å². The van der Waals surface area contributed by atoms with Gasteiger partial charge in [0.2, 0.25) is 5.89 Å². The van der Waals surface area contributed by atoms with Gasteiger partial charge in [0.1, 0.15) is 5.69 Å². The zero-order valence-electron chi connectivity index (χ0n) is 14.2. The van der Waals surface area contributed by atoms with E-state index in [9.17, 15) is 4.79 Å². The maximum absolute atomic E-state index is 13.2. The van der Waals surface area contributed by atoms with Crippen LogP contribution in [0.4, 0.5) is 0 Å². The average molecular weight is 336 g/mol. The number of likely N-dealkylation sites (tertiary alicyclic amines) is 1. The molecule has 0 radical (unpaired) electrons. The Morgan fingerprint density at radius 3 is 2.88 bits per heavy atom. The number of hydrogen-bond acceptors (Lipinski definition) is 4. The smallest absolute Gasteiger partial charge is 0.271 e. The number of rotatable bonds is 3. The molecule has 2 fully saturated rings. The summed E-state index contributed by atoms with van der Waals surface area (Å²) in [5.74, 6) is 1.87. The van der Waals surface area contributed by atoms with Crippen molar-refractivity contribution in [2.24, 2.45) is 7.05 Å². The van der Waals surface area contributed by atoms with Crippen molar-refractivity contribution in [2.75, 3.05) is 6.54 Å². The van der Waals surface area contributed by atoms with Gasteiger partial charge >= 0.3 is 0 Å². The standard InChI is InChI=1S/C19H20N4O2/c1-22-14-6-3-2-5-13(14)11-16(22)19(24)23-10-4-7-15(23)17-20-18(25-21-17)12-8-9-12/h2-3,5-6,11-12,15H,4,7-10H2,1H3. The molecule has 1 aromatic carbocycles. The first-order valence-electron chi connectivity index (χ1n) is 8.91. The Morgan fingerprint density at radius 1 is 1.24 bits per heavy atom. The van der Waals surface area contributed by atoms with Gasteiger partial charge in [-0.2, -0.15) is 4.98 Å². The maximum atomic E-state index is 13.2. The van der Waals surface area contributed by atoms with Crippen molar-refractivity contribution in [3.63, 3.8) is 0 Å². The van der Waals surface area contributed by atoms with E-state index in [-0.39, 0.29) is 11.9 Å². The minimum Gasteiger partial charge on any atom is -0.340 e. The van der Waals surface area contributed by atoms with Gasteiger partial charge in [-0.25, -0.2) is 0 Å². The summed E-state index contributed by atoms with van der Waals surface area (Å²) in [6.45, 7) is 0.734. The molecular weight excluding hydrogens is 316 g/mol. The summed E-state index contributed by atoms with van der Waals surface area (Å²) in [6.07, 6.45) is 4.11. The molecule has 5 rings (SSSR count). The van der Waals surface area contributed by atoms with Crippen LogP contribution in [0.15, 0.2) is 34.9 Å². The summed E-state index contributed by atoms with van der Waals surface area (Å²) < 4.78 is 7.37. The molecule has 128 valence electrons. The molecule has 2 aromatic heterocycles. The first kappa shape index (κ1) is 14.7. The molecule has 0 N–H and O–H groups in total. The van der Waals surface area contributed by atoms with Crippen molar-refractivity contribution in [1.29, 1.82) is 0 Å². The van der Waals surface area contributed by atoms with Gasteiger partial charge in [0, 0.05) is 30.4 Å². The summed E-state index contributed by atoms with van der Waals surface area (Å²) in [6, 6.07) is 9.95. The summed E-state index contributed by atoms with van der Waals surface area (Å²) in [5, 5.41) is 5.25. The van der Waals surface area contributed by atoms with Crippen molar-refractivity contribution < 1.29 is 9.32 Å². The van der Waals surface area contributed by atoms with Gasteiger partial charge in [-0.15, -0.1) is 0 Å². The molecule has 6 heteroatoms. The number of carbonyl (C=O) groups is 1. The van der Waals surface area contributed by atoms with E-state index in [2.05, 4.69) is 10.1 Å². The Kier molecular flexibility index (Phi) is 3.20. The van der Waals surface area contributed by atoms with E-state index >= 15 is 0 Å². The lowest BCUT2D eigenvalue weighted by Crippen LogP contribution is -2.32. The summed E-state index contributed by atoms with van der Waals surface area (Å²) in [7, 11) is 1.94. The molecule has 1 saturated heterocycles. The van der Waals surface area contributed by atoms with Crippen molar-refractivity contribution in [3.05, 3.63) is 47.7 Å². The fourth-order valence-corrected chi connectivity index (χ4v) is 3.80. The third-order valence-electron chi connectivity index (χ3n) is 5.37. The Bertz CT molecular complexity index is 953. The number of aromatic nitrogens is 3. The molecule has 1 aliphatic heterocycles. The van der Waals surface area contributed by atoms with Crippen molar-refractivity contribution >= 4 is 16.8 Å². The number of fused-ring (bicyclic) bond motifs is 1. The zero-order valence-corrected chi connectivity index (χ0v) is 14.2. The minimum atomic E-state index is -0.0817. The quantitative estimate of drug-likeness (QED) is 0.735. The van der Waals surface area contributed by atoms with Crippen LogP contribution in [0.2, 0.25) is 0 Å². The summed E-state index contributed by atoms with van der Waals surface area (Å²) in [4.78, 5) is 19.7. The summed E-state index contributed by atoms with van der Waals surface area (Å²) >= 11 is 0. The highest BCUT2D eigenvalue weighted by molar-refractivity contribution is 5.99.